The fraction of sp³-hybridized carbons (Fsp3) is 0.133. The highest BCUT2D eigenvalue weighted by atomic mass is 79.9. The summed E-state index contributed by atoms with van der Waals surface area (Å²) >= 11 is 3.28. The molecular weight excluding hydrogens is 351 g/mol. The molecule has 2 heterocycles. The van der Waals surface area contributed by atoms with E-state index in [1.54, 1.807) is 25.3 Å². The van der Waals surface area contributed by atoms with Crippen LogP contribution in [0.4, 0.5) is 4.39 Å². The molecule has 0 bridgehead atoms. The lowest BCUT2D eigenvalue weighted by Crippen LogP contribution is -2.28. The number of aromatic nitrogens is 3. The zero-order valence-electron chi connectivity index (χ0n) is 11.6. The fourth-order valence-electron chi connectivity index (χ4n) is 2.28. The summed E-state index contributed by atoms with van der Waals surface area (Å²) in [6.45, 7) is 1.69. The quantitative estimate of drug-likeness (QED) is 0.760. The van der Waals surface area contributed by atoms with Gasteiger partial charge in [-0.25, -0.2) is 9.37 Å². The molecule has 0 aliphatic rings. The molecule has 3 rings (SSSR count). The third-order valence-electron chi connectivity index (χ3n) is 3.26. The summed E-state index contributed by atoms with van der Waals surface area (Å²) in [5.74, 6) is -0.280. The molecule has 1 unspecified atom stereocenters. The predicted molar refractivity (Wildman–Crippen MR) is 85.4 cm³/mol. The molecule has 7 heteroatoms. The van der Waals surface area contributed by atoms with Gasteiger partial charge in [-0.3, -0.25) is 14.3 Å². The first kappa shape index (κ1) is 14.8. The number of pyridine rings is 1. The molecule has 3 aromatic rings. The minimum Gasteiger partial charge on any atom is -0.322 e. The van der Waals surface area contributed by atoms with Gasteiger partial charge in [-0.2, -0.15) is 0 Å². The largest absolute Gasteiger partial charge is 0.322 e. The molecule has 2 aromatic heterocycles. The number of hydrogen-bond acceptors (Lipinski definition) is 4. The van der Waals surface area contributed by atoms with E-state index >= 15 is 0 Å². The minimum atomic E-state index is -0.560. The molecule has 0 amide bonds. The lowest BCUT2D eigenvalue weighted by Gasteiger charge is -2.16. The van der Waals surface area contributed by atoms with Crippen LogP contribution in [0.1, 0.15) is 18.8 Å². The number of fused-ring (bicyclic) bond motifs is 1. The second-order valence-corrected chi connectivity index (χ2v) is 5.72. The number of hydrogen-bond donors (Lipinski definition) is 1. The highest BCUT2D eigenvalue weighted by Gasteiger charge is 2.19. The Morgan fingerprint density at radius 3 is 2.77 bits per heavy atom. The maximum absolute atomic E-state index is 14.0. The van der Waals surface area contributed by atoms with Crippen LogP contribution in [0.15, 0.2) is 45.9 Å². The number of benzene rings is 1. The summed E-state index contributed by atoms with van der Waals surface area (Å²) in [7, 11) is 0. The molecule has 0 aliphatic heterocycles. The third kappa shape index (κ3) is 2.32. The van der Waals surface area contributed by atoms with E-state index in [1.165, 1.54) is 22.9 Å². The summed E-state index contributed by atoms with van der Waals surface area (Å²) < 4.78 is 15.9. The van der Waals surface area contributed by atoms with Gasteiger partial charge < -0.3 is 5.73 Å². The second kappa shape index (κ2) is 5.58. The van der Waals surface area contributed by atoms with E-state index in [4.69, 9.17) is 5.73 Å². The summed E-state index contributed by atoms with van der Waals surface area (Å²) in [6, 6.07) is 5.63. The average Bonchev–Trinajstić information content (AvgIpc) is 2.51. The van der Waals surface area contributed by atoms with Crippen molar-refractivity contribution in [1.82, 2.24) is 14.5 Å². The Kier molecular flexibility index (Phi) is 3.76. The number of halogens is 2. The van der Waals surface area contributed by atoms with Crippen LogP contribution in [-0.2, 0) is 0 Å². The highest BCUT2D eigenvalue weighted by molar-refractivity contribution is 9.10. The van der Waals surface area contributed by atoms with Crippen LogP contribution in [0.5, 0.6) is 0 Å². The summed E-state index contributed by atoms with van der Waals surface area (Å²) in [6.07, 6.45) is 3.14. The Bertz CT molecular complexity index is 909. The van der Waals surface area contributed by atoms with Crippen molar-refractivity contribution in [2.45, 2.75) is 13.0 Å². The van der Waals surface area contributed by atoms with Crippen molar-refractivity contribution in [2.75, 3.05) is 0 Å². The van der Waals surface area contributed by atoms with Gasteiger partial charge >= 0.3 is 0 Å². The maximum atomic E-state index is 14.0. The standard InChI is InChI=1S/C15H12BrFN4O/c1-8(18)14-20-13-11(17)5-4-10(16)12(13)15(22)21(14)9-3-2-6-19-7-9/h2-8H,18H2,1H3. The molecular formula is C15H12BrFN4O. The average molecular weight is 363 g/mol. The lowest BCUT2D eigenvalue weighted by molar-refractivity contribution is 0.629. The molecule has 5 nitrogen and oxygen atoms in total. The summed E-state index contributed by atoms with van der Waals surface area (Å²) in [4.78, 5) is 21.2. The van der Waals surface area contributed by atoms with Gasteiger partial charge in [0.1, 0.15) is 17.2 Å². The van der Waals surface area contributed by atoms with Gasteiger partial charge in [0.15, 0.2) is 0 Å². The van der Waals surface area contributed by atoms with Crippen LogP contribution >= 0.6 is 15.9 Å². The van der Waals surface area contributed by atoms with Crippen LogP contribution in [0.3, 0.4) is 0 Å². The maximum Gasteiger partial charge on any atom is 0.267 e. The van der Waals surface area contributed by atoms with E-state index in [0.717, 1.165) is 0 Å². The van der Waals surface area contributed by atoms with Crippen LogP contribution in [-0.4, -0.2) is 14.5 Å². The van der Waals surface area contributed by atoms with Gasteiger partial charge in [0.05, 0.1) is 23.3 Å². The van der Waals surface area contributed by atoms with Crippen molar-refractivity contribution in [2.24, 2.45) is 5.73 Å². The summed E-state index contributed by atoms with van der Waals surface area (Å²) in [5, 5.41) is 0.174. The van der Waals surface area contributed by atoms with Crippen LogP contribution in [0, 0.1) is 5.82 Å². The van der Waals surface area contributed by atoms with Crippen molar-refractivity contribution in [3.63, 3.8) is 0 Å². The van der Waals surface area contributed by atoms with Crippen LogP contribution in [0.25, 0.3) is 16.6 Å². The van der Waals surface area contributed by atoms with Crippen molar-refractivity contribution >= 4 is 26.8 Å². The Morgan fingerprint density at radius 2 is 2.14 bits per heavy atom. The first-order valence-corrected chi connectivity index (χ1v) is 7.36. The lowest BCUT2D eigenvalue weighted by atomic mass is 10.2. The molecule has 0 saturated carbocycles. The molecule has 0 radical (unpaired) electrons. The summed E-state index contributed by atoms with van der Waals surface area (Å²) in [5.41, 5.74) is 6.07. The molecule has 0 fully saturated rings. The fourth-order valence-corrected chi connectivity index (χ4v) is 2.76. The minimum absolute atomic E-state index is 0.00631. The smallest absolute Gasteiger partial charge is 0.267 e. The van der Waals surface area contributed by atoms with Crippen molar-refractivity contribution < 1.29 is 4.39 Å². The zero-order chi connectivity index (χ0) is 15.9. The Balaban J connectivity index is 2.51. The second-order valence-electron chi connectivity index (χ2n) is 4.86. The van der Waals surface area contributed by atoms with Crippen LogP contribution < -0.4 is 11.3 Å². The normalized spacial score (nSPS) is 12.5. The van der Waals surface area contributed by atoms with Gasteiger partial charge in [0.2, 0.25) is 0 Å². The molecule has 2 N–H and O–H groups in total. The third-order valence-corrected chi connectivity index (χ3v) is 3.92. The Hall–Kier alpha value is -2.12. The number of rotatable bonds is 2. The predicted octanol–water partition coefficient (Wildman–Crippen LogP) is 2.70. The highest BCUT2D eigenvalue weighted by Crippen LogP contribution is 2.24. The monoisotopic (exact) mass is 362 g/mol. The molecule has 112 valence electrons. The van der Waals surface area contributed by atoms with Gasteiger partial charge in [-0.15, -0.1) is 0 Å². The van der Waals surface area contributed by atoms with Crippen molar-refractivity contribution in [1.29, 1.82) is 0 Å². The Labute approximate surface area is 133 Å². The van der Waals surface area contributed by atoms with E-state index in [0.29, 0.717) is 10.2 Å². The molecule has 0 spiro atoms. The zero-order valence-corrected chi connectivity index (χ0v) is 13.2. The number of nitrogens with zero attached hydrogens (tertiary/aromatic N) is 3. The van der Waals surface area contributed by atoms with E-state index in [9.17, 15) is 9.18 Å². The van der Waals surface area contributed by atoms with Gasteiger partial charge in [-0.1, -0.05) is 0 Å². The Morgan fingerprint density at radius 1 is 1.36 bits per heavy atom. The van der Waals surface area contributed by atoms with E-state index in [2.05, 4.69) is 25.9 Å². The van der Waals surface area contributed by atoms with Crippen LogP contribution in [0.2, 0.25) is 0 Å². The number of nitrogens with two attached hydrogens (primary N) is 1. The topological polar surface area (TPSA) is 73.8 Å². The van der Waals surface area contributed by atoms with E-state index < -0.39 is 17.4 Å². The van der Waals surface area contributed by atoms with Gasteiger partial charge in [0, 0.05) is 10.7 Å². The van der Waals surface area contributed by atoms with Gasteiger partial charge in [-0.05, 0) is 47.1 Å². The molecule has 1 atom stereocenters. The van der Waals surface area contributed by atoms with E-state index in [-0.39, 0.29) is 16.7 Å². The van der Waals surface area contributed by atoms with Crippen molar-refractivity contribution in [3.8, 4) is 5.69 Å². The van der Waals surface area contributed by atoms with Gasteiger partial charge in [0.25, 0.3) is 5.56 Å². The molecule has 0 aliphatic carbocycles. The molecule has 0 saturated heterocycles. The van der Waals surface area contributed by atoms with E-state index in [1.807, 2.05) is 0 Å². The molecule has 22 heavy (non-hydrogen) atoms. The SMILES string of the molecule is CC(N)c1nc2c(F)ccc(Br)c2c(=O)n1-c1cccnc1. The first-order valence-electron chi connectivity index (χ1n) is 6.57. The molecule has 1 aromatic carbocycles. The van der Waals surface area contributed by atoms with Crippen molar-refractivity contribution in [3.05, 3.63) is 63.1 Å². The first-order chi connectivity index (χ1) is 10.5.